The summed E-state index contributed by atoms with van der Waals surface area (Å²) in [7, 11) is 0. The molecule has 7 rings (SSSR count). The van der Waals surface area contributed by atoms with Crippen molar-refractivity contribution in [3.8, 4) is 29.3 Å². The SMILES string of the molecule is [C-]#[N+]c1nnn(-c2ccccc2)c1N=Nc1c(C)nn(-c2nc(=O)nc(-n3nc(C)c(N=Nc4c(C#N)nnn4-c4ccccc4)c3N)[nH]2)c1N. The lowest BCUT2D eigenvalue weighted by Gasteiger charge is -2.06. The summed E-state index contributed by atoms with van der Waals surface area (Å²) in [4.78, 5) is 26.8. The lowest BCUT2D eigenvalue weighted by atomic mass is 10.3. The lowest BCUT2D eigenvalue weighted by molar-refractivity contribution is 0.732. The van der Waals surface area contributed by atoms with Crippen molar-refractivity contribution in [3.05, 3.63) is 99.6 Å². The normalized spacial score (nSPS) is 11.4. The molecule has 0 aliphatic carbocycles. The van der Waals surface area contributed by atoms with Gasteiger partial charge in [-0.05, 0) is 38.1 Å². The molecular weight excluding hydrogens is 658 g/mol. The molecular formula is C29H21N21O. The Bertz CT molecular complexity index is 2450. The number of benzene rings is 2. The minimum absolute atomic E-state index is 0.0457. The maximum atomic E-state index is 12.7. The number of hydrogen-bond acceptors (Lipinski definition) is 16. The molecule has 0 spiro atoms. The van der Waals surface area contributed by atoms with E-state index in [0.29, 0.717) is 22.8 Å². The van der Waals surface area contributed by atoms with Crippen LogP contribution in [0.4, 0.5) is 40.5 Å². The number of nitrogen functional groups attached to an aromatic ring is 2. The highest BCUT2D eigenvalue weighted by Gasteiger charge is 2.22. The van der Waals surface area contributed by atoms with Gasteiger partial charge in [0.1, 0.15) is 6.07 Å². The molecule has 22 nitrogen and oxygen atoms in total. The van der Waals surface area contributed by atoms with E-state index >= 15 is 0 Å². The summed E-state index contributed by atoms with van der Waals surface area (Å²) in [6, 6.07) is 19.9. The minimum atomic E-state index is -0.916. The van der Waals surface area contributed by atoms with Gasteiger partial charge < -0.3 is 16.3 Å². The number of hydrogen-bond donors (Lipinski definition) is 3. The zero-order chi connectivity index (χ0) is 35.6. The number of para-hydroxylation sites is 2. The Hall–Kier alpha value is -8.27. The first-order valence-electron chi connectivity index (χ1n) is 14.6. The number of aromatic nitrogens is 13. The number of nitrogens with two attached hydrogens (primary N) is 2. The summed E-state index contributed by atoms with van der Waals surface area (Å²) in [5, 5.41) is 51.0. The number of aromatic amines is 1. The van der Waals surface area contributed by atoms with Crippen molar-refractivity contribution in [2.24, 2.45) is 20.5 Å². The zero-order valence-electron chi connectivity index (χ0n) is 26.4. The maximum Gasteiger partial charge on any atom is 0.373 e. The van der Waals surface area contributed by atoms with Gasteiger partial charge in [0, 0.05) is 10.3 Å². The van der Waals surface area contributed by atoms with Crippen LogP contribution in [0.25, 0.3) is 28.1 Å². The van der Waals surface area contributed by atoms with Gasteiger partial charge >= 0.3 is 11.5 Å². The van der Waals surface area contributed by atoms with E-state index in [1.807, 2.05) is 18.2 Å². The summed E-state index contributed by atoms with van der Waals surface area (Å²) >= 11 is 0. The van der Waals surface area contributed by atoms with Gasteiger partial charge in [-0.3, -0.25) is 4.98 Å². The van der Waals surface area contributed by atoms with Crippen LogP contribution >= 0.6 is 0 Å². The highest BCUT2D eigenvalue weighted by atomic mass is 16.1. The summed E-state index contributed by atoms with van der Waals surface area (Å²) < 4.78 is 4.98. The van der Waals surface area contributed by atoms with Gasteiger partial charge in [-0.1, -0.05) is 48.2 Å². The number of azo groups is 2. The topological polar surface area (TPSA) is 285 Å². The fourth-order valence-corrected chi connectivity index (χ4v) is 4.75. The third-order valence-corrected chi connectivity index (χ3v) is 7.13. The van der Waals surface area contributed by atoms with Crippen LogP contribution in [0.1, 0.15) is 17.1 Å². The summed E-state index contributed by atoms with van der Waals surface area (Å²) in [6.45, 7) is 10.7. The van der Waals surface area contributed by atoms with Crippen molar-refractivity contribution in [1.82, 2.24) is 64.5 Å². The molecule has 5 N–H and O–H groups in total. The molecule has 0 atom stereocenters. The van der Waals surface area contributed by atoms with Gasteiger partial charge in [0.05, 0.1) is 22.8 Å². The van der Waals surface area contributed by atoms with Crippen molar-refractivity contribution in [2.75, 3.05) is 11.5 Å². The van der Waals surface area contributed by atoms with Crippen molar-refractivity contribution < 1.29 is 0 Å². The molecule has 0 saturated heterocycles. The van der Waals surface area contributed by atoms with Crippen molar-refractivity contribution >= 4 is 40.5 Å². The maximum absolute atomic E-state index is 12.7. The van der Waals surface area contributed by atoms with Crippen molar-refractivity contribution in [1.29, 1.82) is 5.26 Å². The first-order valence-corrected chi connectivity index (χ1v) is 14.6. The highest BCUT2D eigenvalue weighted by Crippen LogP contribution is 2.34. The zero-order valence-corrected chi connectivity index (χ0v) is 26.4. The van der Waals surface area contributed by atoms with Gasteiger partial charge in [-0.15, -0.1) is 25.6 Å². The van der Waals surface area contributed by atoms with E-state index in [9.17, 15) is 10.1 Å². The lowest BCUT2D eigenvalue weighted by Crippen LogP contribution is -2.22. The van der Waals surface area contributed by atoms with Gasteiger partial charge in [0.15, 0.2) is 23.0 Å². The predicted octanol–water partition coefficient (Wildman–Crippen LogP) is 3.73. The molecule has 0 radical (unpaired) electrons. The number of nitrogens with one attached hydrogen (secondary N) is 1. The average Bonchev–Trinajstić information content (AvgIpc) is 3.90. The molecule has 51 heavy (non-hydrogen) atoms. The highest BCUT2D eigenvalue weighted by molar-refractivity contribution is 5.65. The molecule has 248 valence electrons. The molecule has 7 aromatic rings. The van der Waals surface area contributed by atoms with E-state index in [2.05, 4.69) is 71.1 Å². The molecule has 22 heteroatoms. The Morgan fingerprint density at radius 2 is 1.24 bits per heavy atom. The standard InChI is InChI=1S/C29H21N21O/c1-15-20(38-41-25-19(14-30)37-45-47(25)17-10-6-4-7-11-17)22(31)49(43-15)27-34-28(36-29(51)35-27)50-23(32)21(16(2)44-50)39-42-26-24(33-3)40-46-48(26)18-12-8-5-9-13-18/h4-13H,31-32H2,1-2H3,(H,34,35,36,51). The van der Waals surface area contributed by atoms with E-state index in [1.165, 1.54) is 9.36 Å². The second-order valence-electron chi connectivity index (χ2n) is 10.4. The van der Waals surface area contributed by atoms with Gasteiger partial charge in [-0.25, -0.2) is 4.79 Å². The van der Waals surface area contributed by atoms with Crippen molar-refractivity contribution in [2.45, 2.75) is 13.8 Å². The number of H-pyrrole nitrogens is 1. The first kappa shape index (κ1) is 31.3. The molecule has 2 aromatic carbocycles. The molecule has 0 aliphatic rings. The third kappa shape index (κ3) is 5.68. The van der Waals surface area contributed by atoms with Crippen LogP contribution in [0.3, 0.4) is 0 Å². The Labute approximate surface area is 284 Å². The molecule has 0 amide bonds. The fraction of sp³-hybridized carbons (Fsp3) is 0.0690. The summed E-state index contributed by atoms with van der Waals surface area (Å²) in [5.74, 6) is -0.318. The quantitative estimate of drug-likeness (QED) is 0.153. The molecule has 5 heterocycles. The Morgan fingerprint density at radius 1 is 0.745 bits per heavy atom. The molecule has 0 bridgehead atoms. The second kappa shape index (κ2) is 12.7. The van der Waals surface area contributed by atoms with Crippen LogP contribution in [-0.4, -0.2) is 64.5 Å². The Balaban J connectivity index is 1.23. The van der Waals surface area contributed by atoms with E-state index < -0.39 is 5.69 Å². The number of nitrogens with zero attached hydrogens (tertiary/aromatic N) is 18. The molecule has 0 saturated carbocycles. The van der Waals surface area contributed by atoms with Gasteiger partial charge in [0.2, 0.25) is 29.2 Å². The van der Waals surface area contributed by atoms with Crippen LogP contribution in [0.2, 0.25) is 0 Å². The predicted molar refractivity (Wildman–Crippen MR) is 177 cm³/mol. The second-order valence-corrected chi connectivity index (χ2v) is 10.4. The number of nitriles is 1. The molecule has 0 unspecified atom stereocenters. The molecule has 5 aromatic heterocycles. The van der Waals surface area contributed by atoms with Crippen LogP contribution in [0, 0.1) is 31.8 Å². The largest absolute Gasteiger partial charge is 0.382 e. The smallest absolute Gasteiger partial charge is 0.373 e. The van der Waals surface area contributed by atoms with Crippen LogP contribution in [-0.2, 0) is 0 Å². The van der Waals surface area contributed by atoms with Gasteiger partial charge in [0.25, 0.3) is 0 Å². The fourth-order valence-electron chi connectivity index (χ4n) is 4.75. The number of anilines is 2. The summed E-state index contributed by atoms with van der Waals surface area (Å²) in [5.41, 5.74) is 13.9. The van der Waals surface area contributed by atoms with Crippen LogP contribution in [0.15, 0.2) is 85.9 Å². The van der Waals surface area contributed by atoms with Crippen molar-refractivity contribution in [3.63, 3.8) is 0 Å². The first-order chi connectivity index (χ1) is 24.8. The monoisotopic (exact) mass is 679 g/mol. The van der Waals surface area contributed by atoms with E-state index in [0.717, 1.165) is 9.36 Å². The van der Waals surface area contributed by atoms with E-state index in [-0.39, 0.29) is 58.1 Å². The number of aryl methyl sites for hydroxylation is 2. The third-order valence-electron chi connectivity index (χ3n) is 7.13. The van der Waals surface area contributed by atoms with E-state index in [4.69, 9.17) is 18.0 Å². The molecule has 0 aliphatic heterocycles. The molecule has 0 fully saturated rings. The van der Waals surface area contributed by atoms with Crippen LogP contribution < -0.4 is 17.2 Å². The minimum Gasteiger partial charge on any atom is -0.382 e. The van der Waals surface area contributed by atoms with E-state index in [1.54, 1.807) is 62.4 Å². The van der Waals surface area contributed by atoms with Gasteiger partial charge in [-0.2, -0.15) is 44.2 Å². The average molecular weight is 680 g/mol. The Kier molecular flexibility index (Phi) is 7.82. The Morgan fingerprint density at radius 3 is 1.75 bits per heavy atom. The van der Waals surface area contributed by atoms with Crippen LogP contribution in [0.5, 0.6) is 0 Å². The number of rotatable bonds is 8. The summed E-state index contributed by atoms with van der Waals surface area (Å²) in [6.07, 6.45) is 0.